The molecule has 5 aromatic rings. The van der Waals surface area contributed by atoms with Crippen LogP contribution in [0.15, 0.2) is 53.3 Å². The van der Waals surface area contributed by atoms with Crippen molar-refractivity contribution in [3.63, 3.8) is 0 Å². The lowest BCUT2D eigenvalue weighted by Crippen LogP contribution is -2.33. The number of carbonyl (C=O) groups excluding carboxylic acids is 3. The Morgan fingerprint density at radius 1 is 1.02 bits per heavy atom. The van der Waals surface area contributed by atoms with Gasteiger partial charge in [-0.15, -0.1) is 5.10 Å². The zero-order valence-corrected chi connectivity index (χ0v) is 24.1. The van der Waals surface area contributed by atoms with Gasteiger partial charge in [0.25, 0.3) is 0 Å². The zero-order chi connectivity index (χ0) is 30.6. The second-order valence-electron chi connectivity index (χ2n) is 10.6. The minimum Gasteiger partial charge on any atom is -0.465 e. The Bertz CT molecular complexity index is 1750. The minimum atomic E-state index is -0.576. The summed E-state index contributed by atoms with van der Waals surface area (Å²) in [6, 6.07) is 9.67. The van der Waals surface area contributed by atoms with Gasteiger partial charge in [-0.1, -0.05) is 12.1 Å². The molecule has 0 atom stereocenters. The third-order valence-electron chi connectivity index (χ3n) is 5.85. The van der Waals surface area contributed by atoms with E-state index in [1.165, 1.54) is 10.8 Å². The number of rotatable bonds is 9. The van der Waals surface area contributed by atoms with Crippen LogP contribution in [-0.4, -0.2) is 66.2 Å². The molecule has 5 rings (SSSR count). The number of alkyl carbamates (subject to hydrolysis) is 1. The van der Waals surface area contributed by atoms with Crippen molar-refractivity contribution in [2.75, 3.05) is 23.8 Å². The number of nitrogens with one attached hydrogen (secondary N) is 3. The van der Waals surface area contributed by atoms with Gasteiger partial charge < -0.3 is 24.5 Å². The molecule has 0 spiro atoms. The number of hydrogen-bond acceptors (Lipinski definition) is 10. The molecule has 0 aliphatic heterocycles. The summed E-state index contributed by atoms with van der Waals surface area (Å²) in [5, 5.41) is 17.5. The van der Waals surface area contributed by atoms with Crippen LogP contribution >= 0.6 is 0 Å². The van der Waals surface area contributed by atoms with Crippen LogP contribution in [0.4, 0.5) is 21.2 Å². The molecule has 43 heavy (non-hydrogen) atoms. The number of anilines is 2. The number of amides is 3. The summed E-state index contributed by atoms with van der Waals surface area (Å²) in [5.41, 5.74) is 1.47. The van der Waals surface area contributed by atoms with Crippen molar-refractivity contribution in [2.45, 2.75) is 39.2 Å². The fraction of sp³-hybridized carbons (Fsp3) is 0.321. The SMILES string of the molecule is Cn1cc2c(nc(NC(=O)Nc3ccc(CC(=O)OCCCNC(=O)OC(C)(C)C)cc3)n3nc(-c4ccco4)nc23)n1. The highest BCUT2D eigenvalue weighted by molar-refractivity contribution is 6.00. The van der Waals surface area contributed by atoms with Crippen molar-refractivity contribution in [1.82, 2.24) is 34.7 Å². The van der Waals surface area contributed by atoms with Crippen molar-refractivity contribution in [3.05, 3.63) is 54.4 Å². The summed E-state index contributed by atoms with van der Waals surface area (Å²) >= 11 is 0. The molecule has 0 saturated heterocycles. The number of carbonyl (C=O) groups is 3. The van der Waals surface area contributed by atoms with Crippen LogP contribution in [0.3, 0.4) is 0 Å². The highest BCUT2D eigenvalue weighted by atomic mass is 16.6. The number of urea groups is 1. The number of aromatic nitrogens is 6. The van der Waals surface area contributed by atoms with E-state index in [2.05, 4.69) is 36.1 Å². The lowest BCUT2D eigenvalue weighted by atomic mass is 10.1. The lowest BCUT2D eigenvalue weighted by molar-refractivity contribution is -0.142. The monoisotopic (exact) mass is 589 g/mol. The zero-order valence-electron chi connectivity index (χ0n) is 24.1. The quantitative estimate of drug-likeness (QED) is 0.168. The number of fused-ring (bicyclic) bond motifs is 3. The Morgan fingerprint density at radius 2 is 1.81 bits per heavy atom. The van der Waals surface area contributed by atoms with Gasteiger partial charge in [0.2, 0.25) is 11.8 Å². The van der Waals surface area contributed by atoms with Gasteiger partial charge in [0.15, 0.2) is 17.1 Å². The smallest absolute Gasteiger partial charge is 0.407 e. The van der Waals surface area contributed by atoms with Gasteiger partial charge >= 0.3 is 18.1 Å². The Labute approximate surface area is 245 Å². The number of furan rings is 1. The maximum absolute atomic E-state index is 12.9. The van der Waals surface area contributed by atoms with E-state index in [9.17, 15) is 14.4 Å². The molecule has 1 aromatic carbocycles. The van der Waals surface area contributed by atoms with Gasteiger partial charge in [-0.25, -0.2) is 14.6 Å². The molecule has 224 valence electrons. The fourth-order valence-electron chi connectivity index (χ4n) is 4.04. The molecule has 3 N–H and O–H groups in total. The highest BCUT2D eigenvalue weighted by Crippen LogP contribution is 2.24. The minimum absolute atomic E-state index is 0.0578. The van der Waals surface area contributed by atoms with Crippen LogP contribution in [0, 0.1) is 0 Å². The standard InChI is InChI=1S/C28H31N9O6/c1-28(2,3)43-27(40)29-12-6-14-42-21(38)15-17-8-10-18(11-9-17)30-26(39)33-25-32-22-19(16-36(4)34-22)24-31-23(35-37(24)25)20-7-5-13-41-20/h5,7-11,13,16H,6,12,14-15H2,1-4H3,(H,29,40)(H2,30,32,33,34,39). The number of esters is 1. The van der Waals surface area contributed by atoms with E-state index < -0.39 is 23.7 Å². The number of benzene rings is 1. The molecule has 4 heterocycles. The topological polar surface area (TPSA) is 180 Å². The van der Waals surface area contributed by atoms with E-state index in [4.69, 9.17) is 13.9 Å². The molecule has 0 radical (unpaired) electrons. The number of aryl methyl sites for hydroxylation is 1. The first kappa shape index (κ1) is 29.0. The van der Waals surface area contributed by atoms with Crippen LogP contribution in [0.2, 0.25) is 0 Å². The Kier molecular flexibility index (Phi) is 8.23. The third kappa shape index (κ3) is 7.44. The molecule has 0 unspecified atom stereocenters. The summed E-state index contributed by atoms with van der Waals surface area (Å²) in [7, 11) is 1.76. The van der Waals surface area contributed by atoms with Gasteiger partial charge in [-0.05, 0) is 57.0 Å². The summed E-state index contributed by atoms with van der Waals surface area (Å²) < 4.78 is 18.8. The fourth-order valence-corrected chi connectivity index (χ4v) is 4.04. The Balaban J connectivity index is 1.14. The number of hydrogen-bond donors (Lipinski definition) is 3. The van der Waals surface area contributed by atoms with Crippen molar-refractivity contribution in [3.8, 4) is 11.6 Å². The molecule has 3 amide bonds. The van der Waals surface area contributed by atoms with E-state index in [1.807, 2.05) is 0 Å². The summed E-state index contributed by atoms with van der Waals surface area (Å²) in [6.07, 6.45) is 3.29. The van der Waals surface area contributed by atoms with Crippen molar-refractivity contribution in [2.24, 2.45) is 7.05 Å². The van der Waals surface area contributed by atoms with E-state index in [0.29, 0.717) is 52.5 Å². The largest absolute Gasteiger partial charge is 0.465 e. The van der Waals surface area contributed by atoms with Crippen LogP contribution in [-0.2, 0) is 27.7 Å². The van der Waals surface area contributed by atoms with Gasteiger partial charge in [0.1, 0.15) is 5.60 Å². The van der Waals surface area contributed by atoms with Crippen LogP contribution in [0.25, 0.3) is 28.3 Å². The van der Waals surface area contributed by atoms with Gasteiger partial charge in [-0.3, -0.25) is 14.8 Å². The summed E-state index contributed by atoms with van der Waals surface area (Å²) in [4.78, 5) is 45.7. The van der Waals surface area contributed by atoms with E-state index in [1.54, 1.807) is 75.1 Å². The normalized spacial score (nSPS) is 11.4. The van der Waals surface area contributed by atoms with Crippen molar-refractivity contribution < 1.29 is 28.3 Å². The lowest BCUT2D eigenvalue weighted by Gasteiger charge is -2.19. The Morgan fingerprint density at radius 3 is 2.53 bits per heavy atom. The first-order valence-electron chi connectivity index (χ1n) is 13.5. The second-order valence-corrected chi connectivity index (χ2v) is 10.6. The molecule has 0 fully saturated rings. The summed E-state index contributed by atoms with van der Waals surface area (Å²) in [5.74, 6) is 0.510. The third-order valence-corrected chi connectivity index (χ3v) is 5.85. The van der Waals surface area contributed by atoms with Gasteiger partial charge in [-0.2, -0.15) is 14.6 Å². The first-order valence-corrected chi connectivity index (χ1v) is 13.5. The molecule has 0 saturated carbocycles. The van der Waals surface area contributed by atoms with Crippen molar-refractivity contribution >= 4 is 46.4 Å². The second kappa shape index (κ2) is 12.2. The highest BCUT2D eigenvalue weighted by Gasteiger charge is 2.19. The van der Waals surface area contributed by atoms with E-state index in [0.717, 1.165) is 0 Å². The maximum Gasteiger partial charge on any atom is 0.407 e. The number of nitrogens with zero attached hydrogens (tertiary/aromatic N) is 6. The van der Waals surface area contributed by atoms with Crippen LogP contribution in [0.5, 0.6) is 0 Å². The van der Waals surface area contributed by atoms with Gasteiger partial charge in [0.05, 0.1) is 24.7 Å². The average molecular weight is 590 g/mol. The van der Waals surface area contributed by atoms with E-state index in [-0.39, 0.29) is 19.0 Å². The predicted octanol–water partition coefficient (Wildman–Crippen LogP) is 3.92. The molecule has 0 bridgehead atoms. The first-order chi connectivity index (χ1) is 20.5. The maximum atomic E-state index is 12.9. The average Bonchev–Trinajstić information content (AvgIpc) is 3.68. The predicted molar refractivity (Wildman–Crippen MR) is 155 cm³/mol. The van der Waals surface area contributed by atoms with Gasteiger partial charge in [0, 0.05) is 25.5 Å². The summed E-state index contributed by atoms with van der Waals surface area (Å²) in [6.45, 7) is 5.82. The van der Waals surface area contributed by atoms with E-state index >= 15 is 0 Å². The Hall–Kier alpha value is -5.47. The van der Waals surface area contributed by atoms with Crippen LogP contribution < -0.4 is 16.0 Å². The molecule has 0 aliphatic carbocycles. The number of ether oxygens (including phenoxy) is 2. The molecule has 15 nitrogen and oxygen atoms in total. The molecule has 15 heteroatoms. The molecular formula is C28H31N9O6. The van der Waals surface area contributed by atoms with Crippen LogP contribution in [0.1, 0.15) is 32.8 Å². The molecular weight excluding hydrogens is 558 g/mol. The van der Waals surface area contributed by atoms with Crippen molar-refractivity contribution in [1.29, 1.82) is 0 Å². The molecule has 0 aliphatic rings. The molecule has 4 aromatic heterocycles.